The van der Waals surface area contributed by atoms with Crippen molar-refractivity contribution in [3.05, 3.63) is 12.2 Å². The molecule has 0 aromatic rings. The fraction of sp³-hybridized carbons (Fsp3) is 0.846. The molecule has 0 aromatic heterocycles. The molecule has 0 spiro atoms. The molecule has 0 bridgehead atoms. The van der Waals surface area contributed by atoms with Crippen LogP contribution in [0, 0.1) is 0 Å². The van der Waals surface area contributed by atoms with Crippen molar-refractivity contribution in [2.24, 2.45) is 0 Å². The molecule has 0 saturated carbocycles. The first-order valence-electron chi connectivity index (χ1n) is 6.15. The maximum atomic E-state index is 2.55. The van der Waals surface area contributed by atoms with Gasteiger partial charge >= 0.3 is 0 Å². The van der Waals surface area contributed by atoms with Gasteiger partial charge in [0.05, 0.1) is 0 Å². The first-order chi connectivity index (χ1) is 6.76. The van der Waals surface area contributed by atoms with Gasteiger partial charge in [-0.2, -0.15) is 0 Å². The second kappa shape index (κ2) is 9.26. The van der Waals surface area contributed by atoms with E-state index in [-0.39, 0.29) is 0 Å². The highest BCUT2D eigenvalue weighted by Gasteiger charge is 2.08. The first kappa shape index (κ1) is 13.7. The molecule has 1 nitrogen and oxygen atoms in total. The van der Waals surface area contributed by atoms with E-state index in [1.807, 2.05) is 0 Å². The lowest BCUT2D eigenvalue weighted by Gasteiger charge is -2.26. The van der Waals surface area contributed by atoms with Gasteiger partial charge in [-0.3, -0.25) is 0 Å². The van der Waals surface area contributed by atoms with Crippen LogP contribution in [0.5, 0.6) is 0 Å². The van der Waals surface area contributed by atoms with Gasteiger partial charge in [0, 0.05) is 6.04 Å². The number of hydrogen-bond acceptors (Lipinski definition) is 1. The van der Waals surface area contributed by atoms with Crippen molar-refractivity contribution in [2.75, 3.05) is 13.1 Å². The predicted octanol–water partition coefficient (Wildman–Crippen LogP) is 3.85. The number of allylic oxidation sites excluding steroid dienone is 1. The summed E-state index contributed by atoms with van der Waals surface area (Å²) in [6.45, 7) is 11.5. The van der Waals surface area contributed by atoms with E-state index < -0.39 is 0 Å². The Morgan fingerprint density at radius 3 is 2.29 bits per heavy atom. The van der Waals surface area contributed by atoms with E-state index >= 15 is 0 Å². The zero-order chi connectivity index (χ0) is 10.8. The Bertz CT molecular complexity index is 140. The minimum Gasteiger partial charge on any atom is -0.301 e. The lowest BCUT2D eigenvalue weighted by molar-refractivity contribution is 0.221. The van der Waals surface area contributed by atoms with Crippen LogP contribution in [0.1, 0.15) is 53.4 Å². The second-order valence-corrected chi connectivity index (χ2v) is 3.97. The van der Waals surface area contributed by atoms with Crippen LogP contribution in [-0.4, -0.2) is 24.0 Å². The van der Waals surface area contributed by atoms with E-state index in [0.717, 1.165) is 0 Å². The average molecular weight is 197 g/mol. The highest BCUT2D eigenvalue weighted by Crippen LogP contribution is 2.05. The fourth-order valence-electron chi connectivity index (χ4n) is 1.70. The Labute approximate surface area is 90.2 Å². The van der Waals surface area contributed by atoms with Gasteiger partial charge in [-0.05, 0) is 39.3 Å². The minimum absolute atomic E-state index is 0.702. The molecule has 0 saturated heterocycles. The molecule has 1 unspecified atom stereocenters. The second-order valence-electron chi connectivity index (χ2n) is 3.97. The summed E-state index contributed by atoms with van der Waals surface area (Å²) < 4.78 is 0. The molecular weight excluding hydrogens is 170 g/mol. The Hall–Kier alpha value is -0.300. The normalized spacial score (nSPS) is 14.1. The van der Waals surface area contributed by atoms with Gasteiger partial charge in [-0.15, -0.1) is 0 Å². The van der Waals surface area contributed by atoms with Crippen LogP contribution in [0.15, 0.2) is 12.2 Å². The minimum atomic E-state index is 0.702. The quantitative estimate of drug-likeness (QED) is 0.534. The maximum absolute atomic E-state index is 2.55. The van der Waals surface area contributed by atoms with E-state index in [1.54, 1.807) is 0 Å². The van der Waals surface area contributed by atoms with E-state index in [2.05, 4.69) is 44.7 Å². The van der Waals surface area contributed by atoms with Crippen molar-refractivity contribution in [1.29, 1.82) is 0 Å². The SMILES string of the molecule is CCC/C=C/CC(C)N(CC)CCC. The highest BCUT2D eigenvalue weighted by atomic mass is 15.1. The third-order valence-corrected chi connectivity index (χ3v) is 2.64. The largest absolute Gasteiger partial charge is 0.301 e. The molecule has 0 rings (SSSR count). The summed E-state index contributed by atoms with van der Waals surface area (Å²) in [5.74, 6) is 0. The Balaban J connectivity index is 3.73. The van der Waals surface area contributed by atoms with Crippen LogP contribution in [0.2, 0.25) is 0 Å². The molecule has 0 aromatic carbocycles. The van der Waals surface area contributed by atoms with Gasteiger partial charge in [-0.1, -0.05) is 39.3 Å². The molecule has 14 heavy (non-hydrogen) atoms. The lowest BCUT2D eigenvalue weighted by Crippen LogP contribution is -2.33. The van der Waals surface area contributed by atoms with Crippen molar-refractivity contribution in [2.45, 2.75) is 59.4 Å². The maximum Gasteiger partial charge on any atom is 0.0101 e. The zero-order valence-electron chi connectivity index (χ0n) is 10.4. The third kappa shape index (κ3) is 6.20. The Morgan fingerprint density at radius 1 is 1.07 bits per heavy atom. The van der Waals surface area contributed by atoms with Gasteiger partial charge in [0.15, 0.2) is 0 Å². The molecule has 0 aliphatic heterocycles. The average Bonchev–Trinajstić information content (AvgIpc) is 2.20. The zero-order valence-corrected chi connectivity index (χ0v) is 10.4. The van der Waals surface area contributed by atoms with Gasteiger partial charge in [0.1, 0.15) is 0 Å². The molecule has 0 amide bonds. The summed E-state index contributed by atoms with van der Waals surface area (Å²) in [6.07, 6.45) is 9.61. The highest BCUT2D eigenvalue weighted by molar-refractivity contribution is 4.85. The molecule has 1 atom stereocenters. The van der Waals surface area contributed by atoms with Gasteiger partial charge in [-0.25, -0.2) is 0 Å². The van der Waals surface area contributed by atoms with Crippen LogP contribution >= 0.6 is 0 Å². The number of nitrogens with zero attached hydrogens (tertiary/aromatic N) is 1. The molecule has 84 valence electrons. The summed E-state index contributed by atoms with van der Waals surface area (Å²) >= 11 is 0. The molecule has 0 aliphatic rings. The van der Waals surface area contributed by atoms with Crippen molar-refractivity contribution in [3.63, 3.8) is 0 Å². The number of rotatable bonds is 8. The molecule has 0 aliphatic carbocycles. The molecule has 0 radical (unpaired) electrons. The molecule has 0 heterocycles. The smallest absolute Gasteiger partial charge is 0.0101 e. The number of hydrogen-bond donors (Lipinski definition) is 0. The van der Waals surface area contributed by atoms with Gasteiger partial charge < -0.3 is 4.90 Å². The van der Waals surface area contributed by atoms with E-state index in [9.17, 15) is 0 Å². The van der Waals surface area contributed by atoms with Crippen molar-refractivity contribution in [3.8, 4) is 0 Å². The summed E-state index contributed by atoms with van der Waals surface area (Å²) in [6, 6.07) is 0.702. The van der Waals surface area contributed by atoms with Crippen LogP contribution in [0.3, 0.4) is 0 Å². The number of unbranched alkanes of at least 4 members (excludes halogenated alkanes) is 1. The topological polar surface area (TPSA) is 3.24 Å². The molecule has 0 fully saturated rings. The van der Waals surface area contributed by atoms with E-state index in [0.29, 0.717) is 6.04 Å². The fourth-order valence-corrected chi connectivity index (χ4v) is 1.70. The summed E-state index contributed by atoms with van der Waals surface area (Å²) in [5, 5.41) is 0. The summed E-state index contributed by atoms with van der Waals surface area (Å²) in [4.78, 5) is 2.55. The summed E-state index contributed by atoms with van der Waals surface area (Å²) in [7, 11) is 0. The van der Waals surface area contributed by atoms with Crippen LogP contribution in [0.4, 0.5) is 0 Å². The van der Waals surface area contributed by atoms with Gasteiger partial charge in [0.25, 0.3) is 0 Å². The monoisotopic (exact) mass is 197 g/mol. The van der Waals surface area contributed by atoms with Crippen LogP contribution < -0.4 is 0 Å². The van der Waals surface area contributed by atoms with Crippen molar-refractivity contribution < 1.29 is 0 Å². The van der Waals surface area contributed by atoms with Crippen molar-refractivity contribution >= 4 is 0 Å². The van der Waals surface area contributed by atoms with Crippen LogP contribution in [-0.2, 0) is 0 Å². The molecule has 1 heteroatoms. The van der Waals surface area contributed by atoms with Crippen molar-refractivity contribution in [1.82, 2.24) is 4.90 Å². The van der Waals surface area contributed by atoms with Crippen LogP contribution in [0.25, 0.3) is 0 Å². The predicted molar refractivity (Wildman–Crippen MR) is 65.7 cm³/mol. The first-order valence-corrected chi connectivity index (χ1v) is 6.15. The van der Waals surface area contributed by atoms with Gasteiger partial charge in [0.2, 0.25) is 0 Å². The summed E-state index contributed by atoms with van der Waals surface area (Å²) in [5.41, 5.74) is 0. The standard InChI is InChI=1S/C13H27N/c1-5-8-9-10-11-13(4)14(7-3)12-6-2/h9-10,13H,5-8,11-12H2,1-4H3/b10-9+. The molecule has 0 N–H and O–H groups in total. The lowest BCUT2D eigenvalue weighted by atomic mass is 10.1. The third-order valence-electron chi connectivity index (χ3n) is 2.64. The van der Waals surface area contributed by atoms with E-state index in [4.69, 9.17) is 0 Å². The van der Waals surface area contributed by atoms with E-state index in [1.165, 1.54) is 38.8 Å². The Kier molecular flexibility index (Phi) is 9.06. The Morgan fingerprint density at radius 2 is 1.79 bits per heavy atom. The molecular formula is C13H27N.